The zero-order chi connectivity index (χ0) is 14.9. The molecule has 1 aliphatic heterocycles. The van der Waals surface area contributed by atoms with Gasteiger partial charge in [0.2, 0.25) is 0 Å². The topological polar surface area (TPSA) is 32.8 Å². The van der Waals surface area contributed by atoms with Crippen LogP contribution in [0, 0.1) is 0 Å². The molecular weight excluding hydrogens is 260 g/mol. The van der Waals surface area contributed by atoms with Crippen molar-refractivity contribution >= 4 is 0 Å². The lowest BCUT2D eigenvalue weighted by atomic mass is 10.0. The van der Waals surface area contributed by atoms with E-state index in [9.17, 15) is 5.11 Å². The summed E-state index contributed by atoms with van der Waals surface area (Å²) in [5.74, 6) is 0. The maximum Gasteiger partial charge on any atom is 0.114 e. The summed E-state index contributed by atoms with van der Waals surface area (Å²) in [4.78, 5) is 0. The molecule has 0 aromatic heterocycles. The summed E-state index contributed by atoms with van der Waals surface area (Å²) in [6.45, 7) is 2.26. The SMILES string of the molecule is CCCCCCCCCC[C@H]1O[C@@H]1[C@H](O)c1ccccc1. The zero-order valence-electron chi connectivity index (χ0n) is 13.3. The van der Waals surface area contributed by atoms with Crippen LogP contribution in [0.25, 0.3) is 0 Å². The van der Waals surface area contributed by atoms with Crippen molar-refractivity contribution < 1.29 is 9.84 Å². The van der Waals surface area contributed by atoms with Crippen molar-refractivity contribution in [2.24, 2.45) is 0 Å². The van der Waals surface area contributed by atoms with E-state index in [-0.39, 0.29) is 12.2 Å². The number of unbranched alkanes of at least 4 members (excludes halogenated alkanes) is 7. The maximum atomic E-state index is 10.2. The molecule has 1 aliphatic rings. The molecule has 118 valence electrons. The summed E-state index contributed by atoms with van der Waals surface area (Å²) in [5, 5.41) is 10.2. The average Bonchev–Trinajstić information content (AvgIpc) is 3.29. The molecule has 0 radical (unpaired) electrons. The lowest BCUT2D eigenvalue weighted by Crippen LogP contribution is -2.08. The van der Waals surface area contributed by atoms with E-state index in [1.54, 1.807) is 0 Å². The van der Waals surface area contributed by atoms with Gasteiger partial charge in [0.25, 0.3) is 0 Å². The fourth-order valence-corrected chi connectivity index (χ4v) is 2.99. The third-order valence-electron chi connectivity index (χ3n) is 4.42. The van der Waals surface area contributed by atoms with Crippen molar-refractivity contribution in [2.75, 3.05) is 0 Å². The molecule has 3 atom stereocenters. The highest BCUT2D eigenvalue weighted by Crippen LogP contribution is 2.37. The molecule has 2 rings (SSSR count). The van der Waals surface area contributed by atoms with Gasteiger partial charge in [0, 0.05) is 0 Å². The summed E-state index contributed by atoms with van der Waals surface area (Å²) >= 11 is 0. The van der Waals surface area contributed by atoms with Crippen LogP contribution in [0.4, 0.5) is 0 Å². The minimum absolute atomic E-state index is 0.0250. The molecule has 1 aromatic carbocycles. The molecule has 0 unspecified atom stereocenters. The Morgan fingerprint density at radius 3 is 2.24 bits per heavy atom. The highest BCUT2D eigenvalue weighted by atomic mass is 16.6. The Morgan fingerprint density at radius 2 is 1.57 bits per heavy atom. The summed E-state index contributed by atoms with van der Waals surface area (Å²) in [6, 6.07) is 9.85. The van der Waals surface area contributed by atoms with Gasteiger partial charge in [-0.15, -0.1) is 0 Å². The average molecular weight is 290 g/mol. The molecule has 1 N–H and O–H groups in total. The Bertz CT molecular complexity index is 376. The molecule has 2 nitrogen and oxygen atoms in total. The Labute approximate surface area is 129 Å². The molecule has 1 heterocycles. The number of hydrogen-bond donors (Lipinski definition) is 1. The molecule has 1 fully saturated rings. The first-order valence-electron chi connectivity index (χ1n) is 8.71. The number of rotatable bonds is 11. The lowest BCUT2D eigenvalue weighted by molar-refractivity contribution is 0.137. The summed E-state index contributed by atoms with van der Waals surface area (Å²) < 4.78 is 5.64. The van der Waals surface area contributed by atoms with E-state index in [4.69, 9.17) is 4.74 Å². The Morgan fingerprint density at radius 1 is 0.952 bits per heavy atom. The maximum absolute atomic E-state index is 10.2. The van der Waals surface area contributed by atoms with E-state index < -0.39 is 6.10 Å². The number of aliphatic hydroxyl groups is 1. The summed E-state index contributed by atoms with van der Waals surface area (Å²) in [5.41, 5.74) is 0.973. The minimum atomic E-state index is -0.453. The van der Waals surface area contributed by atoms with Gasteiger partial charge < -0.3 is 9.84 Å². The van der Waals surface area contributed by atoms with Gasteiger partial charge in [-0.1, -0.05) is 88.6 Å². The first kappa shape index (κ1) is 16.5. The molecule has 0 spiro atoms. The van der Waals surface area contributed by atoms with Crippen molar-refractivity contribution in [3.8, 4) is 0 Å². The van der Waals surface area contributed by atoms with E-state index in [2.05, 4.69) is 6.92 Å². The lowest BCUT2D eigenvalue weighted by Gasteiger charge is -2.07. The number of epoxide rings is 1. The Balaban J connectivity index is 1.50. The highest BCUT2D eigenvalue weighted by Gasteiger charge is 2.43. The first-order chi connectivity index (χ1) is 10.3. The second-order valence-electron chi connectivity index (χ2n) is 6.26. The monoisotopic (exact) mass is 290 g/mol. The van der Waals surface area contributed by atoms with Crippen molar-refractivity contribution in [2.45, 2.75) is 83.0 Å². The van der Waals surface area contributed by atoms with E-state index in [0.717, 1.165) is 12.0 Å². The Hall–Kier alpha value is -0.860. The van der Waals surface area contributed by atoms with Gasteiger partial charge in [0.05, 0.1) is 6.10 Å². The summed E-state index contributed by atoms with van der Waals surface area (Å²) in [6.07, 6.45) is 11.7. The van der Waals surface area contributed by atoms with Crippen molar-refractivity contribution in [3.05, 3.63) is 35.9 Å². The van der Waals surface area contributed by atoms with E-state index >= 15 is 0 Å². The second-order valence-corrected chi connectivity index (χ2v) is 6.26. The third-order valence-corrected chi connectivity index (χ3v) is 4.42. The van der Waals surface area contributed by atoms with Crippen LogP contribution >= 0.6 is 0 Å². The molecule has 0 saturated carbocycles. The predicted octanol–water partition coefficient (Wildman–Crippen LogP) is 5.02. The van der Waals surface area contributed by atoms with E-state index in [1.165, 1.54) is 51.4 Å². The van der Waals surface area contributed by atoms with Crippen LogP contribution in [-0.2, 0) is 4.74 Å². The quantitative estimate of drug-likeness (QED) is 0.458. The molecule has 0 bridgehead atoms. The molecule has 2 heteroatoms. The van der Waals surface area contributed by atoms with Crippen molar-refractivity contribution in [1.29, 1.82) is 0 Å². The van der Waals surface area contributed by atoms with Gasteiger partial charge >= 0.3 is 0 Å². The standard InChI is InChI=1S/C19H30O2/c1-2-3-4-5-6-7-8-12-15-17-19(21-17)18(20)16-13-10-9-11-14-16/h9-11,13-14,17-20H,2-8,12,15H2,1H3/t17-,18-,19+/m1/s1. The van der Waals surface area contributed by atoms with Gasteiger partial charge in [0.1, 0.15) is 12.2 Å². The largest absolute Gasteiger partial charge is 0.386 e. The van der Waals surface area contributed by atoms with E-state index in [1.807, 2.05) is 30.3 Å². The van der Waals surface area contributed by atoms with Gasteiger partial charge in [-0.2, -0.15) is 0 Å². The third kappa shape index (κ3) is 5.80. The second kappa shape index (κ2) is 9.22. The fraction of sp³-hybridized carbons (Fsp3) is 0.684. The Kier molecular flexibility index (Phi) is 7.25. The van der Waals surface area contributed by atoms with E-state index in [0.29, 0.717) is 0 Å². The van der Waals surface area contributed by atoms with Crippen LogP contribution in [-0.4, -0.2) is 17.3 Å². The molecule has 1 saturated heterocycles. The van der Waals surface area contributed by atoms with Crippen LogP contribution in [0.5, 0.6) is 0 Å². The highest BCUT2D eigenvalue weighted by molar-refractivity contribution is 5.20. The summed E-state index contributed by atoms with van der Waals surface area (Å²) in [7, 11) is 0. The number of ether oxygens (including phenoxy) is 1. The molecule has 21 heavy (non-hydrogen) atoms. The van der Waals surface area contributed by atoms with Gasteiger partial charge in [0.15, 0.2) is 0 Å². The van der Waals surface area contributed by atoms with Gasteiger partial charge in [-0.05, 0) is 12.0 Å². The number of aliphatic hydroxyl groups excluding tert-OH is 1. The van der Waals surface area contributed by atoms with Crippen molar-refractivity contribution in [1.82, 2.24) is 0 Å². The first-order valence-corrected chi connectivity index (χ1v) is 8.71. The molecule has 1 aromatic rings. The molecular formula is C19H30O2. The zero-order valence-corrected chi connectivity index (χ0v) is 13.3. The minimum Gasteiger partial charge on any atom is -0.386 e. The molecule has 0 aliphatic carbocycles. The van der Waals surface area contributed by atoms with Crippen LogP contribution < -0.4 is 0 Å². The van der Waals surface area contributed by atoms with Gasteiger partial charge in [-0.25, -0.2) is 0 Å². The normalized spacial score (nSPS) is 22.2. The van der Waals surface area contributed by atoms with Crippen LogP contribution in [0.2, 0.25) is 0 Å². The fourth-order valence-electron chi connectivity index (χ4n) is 2.99. The number of benzene rings is 1. The number of hydrogen-bond acceptors (Lipinski definition) is 2. The van der Waals surface area contributed by atoms with Crippen LogP contribution in [0.3, 0.4) is 0 Å². The predicted molar refractivity (Wildman–Crippen MR) is 87.3 cm³/mol. The molecule has 0 amide bonds. The van der Waals surface area contributed by atoms with Crippen LogP contribution in [0.15, 0.2) is 30.3 Å². The smallest absolute Gasteiger partial charge is 0.114 e. The van der Waals surface area contributed by atoms with Gasteiger partial charge in [-0.3, -0.25) is 0 Å². The van der Waals surface area contributed by atoms with Crippen molar-refractivity contribution in [3.63, 3.8) is 0 Å². The van der Waals surface area contributed by atoms with Crippen LogP contribution in [0.1, 0.15) is 76.4 Å².